The molecule has 9 heteroatoms. The van der Waals surface area contributed by atoms with Gasteiger partial charge in [0.05, 0.1) is 9.79 Å². The first-order valence-corrected chi connectivity index (χ1v) is 53.0. The summed E-state index contributed by atoms with van der Waals surface area (Å²) in [6.07, 6.45) is 126. The Morgan fingerprint density at radius 1 is 0.162 bits per heavy atom. The van der Waals surface area contributed by atoms with E-state index >= 15 is 0 Å². The van der Waals surface area contributed by atoms with Gasteiger partial charge in [0.15, 0.2) is 0 Å². The molecule has 0 spiro atoms. The number of hydrogen-bond acceptors (Lipinski definition) is 6. The molecular weight excluding hydrogens is 1430 g/mol. The van der Waals surface area contributed by atoms with Crippen molar-refractivity contribution >= 4 is 58.0 Å². The van der Waals surface area contributed by atoms with E-state index in [4.69, 9.17) is 0 Å². The molecule has 0 aromatic heterocycles. The van der Waals surface area contributed by atoms with Gasteiger partial charge in [-0.1, -0.05) is 577 Å². The molecule has 111 heavy (non-hydrogen) atoms. The number of aryl methyl sites for hydroxylation is 2. The van der Waals surface area contributed by atoms with Gasteiger partial charge in [-0.2, -0.15) is 0 Å². The van der Waals surface area contributed by atoms with Crippen molar-refractivity contribution in [1.82, 2.24) is 0 Å². The maximum atomic E-state index is 11.0. The molecule has 0 atom stereocenters. The molecule has 0 unspecified atom stereocenters. The molecule has 0 aliphatic heterocycles. The summed E-state index contributed by atoms with van der Waals surface area (Å²) >= 11 is 0. The molecule has 648 valence electrons. The van der Waals surface area contributed by atoms with Crippen LogP contribution in [0.1, 0.15) is 577 Å². The molecule has 0 bridgehead atoms. The van der Waals surface area contributed by atoms with E-state index in [0.29, 0.717) is 0 Å². The minimum absolute atomic E-state index is 0. The van der Waals surface area contributed by atoms with Crippen molar-refractivity contribution in [2.45, 2.75) is 589 Å². The van der Waals surface area contributed by atoms with Gasteiger partial charge in [0.2, 0.25) is 0 Å². The monoisotopic (exact) mass is 1620 g/mol. The van der Waals surface area contributed by atoms with E-state index in [1.807, 2.05) is 0 Å². The van der Waals surface area contributed by atoms with Gasteiger partial charge in [0, 0.05) is 0 Å². The molecule has 0 aliphatic carbocycles. The second-order valence-electron chi connectivity index (χ2n) is 35.4. The average Bonchev–Trinajstić information content (AvgIpc) is 0.868. The maximum Gasteiger partial charge on any atom is 2.00 e. The number of benzene rings is 2. The van der Waals surface area contributed by atoms with E-state index in [1.54, 1.807) is 24.3 Å². The van der Waals surface area contributed by atoms with Gasteiger partial charge < -0.3 is 9.11 Å². The summed E-state index contributed by atoms with van der Waals surface area (Å²) in [6, 6.07) is 12.8. The van der Waals surface area contributed by atoms with Gasteiger partial charge >= 0.3 is 37.7 Å². The summed E-state index contributed by atoms with van der Waals surface area (Å²) in [6.45, 7) is 4.61. The molecule has 0 aliphatic rings. The van der Waals surface area contributed by atoms with Crippen molar-refractivity contribution in [3.63, 3.8) is 0 Å². The number of rotatable bonds is 90. The zero-order valence-electron chi connectivity index (χ0n) is 74.8. The van der Waals surface area contributed by atoms with Crippen LogP contribution < -0.4 is 0 Å². The minimum atomic E-state index is -4.33. The van der Waals surface area contributed by atoms with Crippen LogP contribution in [0, 0.1) is 0 Å². The van der Waals surface area contributed by atoms with Crippen LogP contribution in [-0.4, -0.2) is 63.7 Å². The SMILES string of the molecule is CCCCCCCCCCCCCCCCCCCCCCCCCCCCCCCCCCCCCCCCCCCCCc1ccc(S(=O)(=O)[O-])cc1.CCCCCCCCCCCCCCCCCCCCCCCCCCCCCCCCCCCCCCCCCCCCCc1ccc(S(=O)(=O)[O-])cc1.[Ca+2]. The van der Waals surface area contributed by atoms with Crippen LogP contribution in [0.2, 0.25) is 0 Å². The van der Waals surface area contributed by atoms with Crippen LogP contribution in [0.15, 0.2) is 58.3 Å². The number of hydrogen-bond donors (Lipinski definition) is 0. The second kappa shape index (κ2) is 90.3. The van der Waals surface area contributed by atoms with Crippen molar-refractivity contribution in [1.29, 1.82) is 0 Å². The zero-order chi connectivity index (χ0) is 79.2. The molecule has 2 aromatic carbocycles. The van der Waals surface area contributed by atoms with E-state index in [1.165, 1.54) is 564 Å². The summed E-state index contributed by atoms with van der Waals surface area (Å²) < 4.78 is 66.1. The van der Waals surface area contributed by atoms with Gasteiger partial charge in [-0.25, -0.2) is 16.8 Å². The van der Waals surface area contributed by atoms with Crippen molar-refractivity contribution in [3.8, 4) is 0 Å². The van der Waals surface area contributed by atoms with E-state index in [0.717, 1.165) is 36.8 Å². The fraction of sp³-hybridized carbons (Fsp3) is 0.882. The fourth-order valence-corrected chi connectivity index (χ4v) is 17.9. The fourth-order valence-electron chi connectivity index (χ4n) is 16.9. The Hall–Kier alpha value is -0.480. The van der Waals surface area contributed by atoms with Gasteiger partial charge in [0.1, 0.15) is 20.2 Å². The van der Waals surface area contributed by atoms with Crippen LogP contribution >= 0.6 is 0 Å². The van der Waals surface area contributed by atoms with Crippen LogP contribution in [0.4, 0.5) is 0 Å². The van der Waals surface area contributed by atoms with Gasteiger partial charge in [-0.05, 0) is 61.1 Å². The van der Waals surface area contributed by atoms with E-state index in [-0.39, 0.29) is 47.5 Å². The van der Waals surface area contributed by atoms with Gasteiger partial charge in [-0.3, -0.25) is 0 Å². The van der Waals surface area contributed by atoms with Crippen LogP contribution in [0.5, 0.6) is 0 Å². The molecule has 6 nitrogen and oxygen atoms in total. The molecule has 0 fully saturated rings. The van der Waals surface area contributed by atoms with E-state index in [2.05, 4.69) is 13.8 Å². The Morgan fingerprint density at radius 2 is 0.252 bits per heavy atom. The van der Waals surface area contributed by atoms with Gasteiger partial charge in [-0.15, -0.1) is 0 Å². The standard InChI is InChI=1S/2C51H96O3S.Ca/c2*1-2-3-4-5-6-7-8-9-10-11-12-13-14-15-16-17-18-19-20-21-22-23-24-25-26-27-28-29-30-31-32-33-34-35-36-37-38-39-40-41-42-43-44-45-50-46-48-51(49-47-50)55(52,53)54;/h2*46-49H,2-45H2,1H3,(H,52,53,54);/q;;+2/p-2. The first kappa shape index (κ1) is 111. The molecule has 0 N–H and O–H groups in total. The Morgan fingerprint density at radius 3 is 0.342 bits per heavy atom. The summed E-state index contributed by atoms with van der Waals surface area (Å²) in [5.74, 6) is 0. The maximum absolute atomic E-state index is 11.0. The summed E-state index contributed by atoms with van der Waals surface area (Å²) in [7, 11) is -8.67. The number of unbranched alkanes of at least 4 members (excludes halogenated alkanes) is 84. The van der Waals surface area contributed by atoms with Crippen molar-refractivity contribution in [3.05, 3.63) is 59.7 Å². The first-order chi connectivity index (χ1) is 54.1. The average molecular weight is 1620 g/mol. The quantitative estimate of drug-likeness (QED) is 0.0370. The predicted octanol–water partition coefficient (Wildman–Crippen LogP) is 35.5. The largest absolute Gasteiger partial charge is 2.00 e. The van der Waals surface area contributed by atoms with Crippen LogP contribution in [-0.2, 0) is 33.1 Å². The van der Waals surface area contributed by atoms with Crippen LogP contribution in [0.25, 0.3) is 0 Å². The summed E-state index contributed by atoms with van der Waals surface area (Å²) in [4.78, 5) is -0.262. The van der Waals surface area contributed by atoms with Crippen molar-refractivity contribution in [2.24, 2.45) is 0 Å². The van der Waals surface area contributed by atoms with Crippen molar-refractivity contribution < 1.29 is 25.9 Å². The van der Waals surface area contributed by atoms with Crippen molar-refractivity contribution in [2.75, 3.05) is 0 Å². The molecule has 0 heterocycles. The molecule has 0 radical (unpaired) electrons. The topological polar surface area (TPSA) is 114 Å². The van der Waals surface area contributed by atoms with Crippen LogP contribution in [0.3, 0.4) is 0 Å². The summed E-state index contributed by atoms with van der Waals surface area (Å²) in [5, 5.41) is 0. The Bertz CT molecular complexity index is 2150. The molecule has 0 saturated heterocycles. The van der Waals surface area contributed by atoms with E-state index in [9.17, 15) is 25.9 Å². The minimum Gasteiger partial charge on any atom is -0.744 e. The first-order valence-electron chi connectivity index (χ1n) is 50.2. The normalized spacial score (nSPS) is 11.8. The molecule has 0 saturated carbocycles. The smallest absolute Gasteiger partial charge is 0.744 e. The Balaban J connectivity index is 0.00000216. The van der Waals surface area contributed by atoms with Gasteiger partial charge in [0.25, 0.3) is 0 Å². The molecular formula is C102H190CaO6S2. The third kappa shape index (κ3) is 85.7. The summed E-state index contributed by atoms with van der Waals surface area (Å²) in [5.41, 5.74) is 2.23. The molecule has 2 aromatic rings. The molecule has 0 amide bonds. The molecule has 2 rings (SSSR count). The Labute approximate surface area is 726 Å². The third-order valence-corrected chi connectivity index (χ3v) is 26.3. The van der Waals surface area contributed by atoms with E-state index < -0.39 is 20.2 Å². The predicted molar refractivity (Wildman–Crippen MR) is 490 cm³/mol. The Kier molecular flexibility index (Phi) is 89.9. The third-order valence-electron chi connectivity index (χ3n) is 24.6. The second-order valence-corrected chi connectivity index (χ2v) is 38.2. The zero-order valence-corrected chi connectivity index (χ0v) is 78.7.